The topological polar surface area (TPSA) is 19.6 Å². The molecule has 5 heterocycles. The smallest absolute Gasteiger partial charge is 0.141 e. The van der Waals surface area contributed by atoms with E-state index in [0.29, 0.717) is 12.0 Å². The van der Waals surface area contributed by atoms with E-state index in [1.807, 2.05) is 0 Å². The van der Waals surface area contributed by atoms with Crippen LogP contribution in [-0.4, -0.2) is 22.4 Å². The van der Waals surface area contributed by atoms with E-state index in [0.717, 1.165) is 17.7 Å². The normalized spacial score (nSPS) is 26.0. The molecular formula is C32H26N2O. The Kier molecular flexibility index (Phi) is 3.88. The molecule has 0 fully saturated rings. The van der Waals surface area contributed by atoms with Gasteiger partial charge in [0, 0.05) is 46.1 Å². The Balaban J connectivity index is 1.40. The number of benzene rings is 3. The van der Waals surface area contributed by atoms with Gasteiger partial charge in [-0.3, -0.25) is 0 Å². The van der Waals surface area contributed by atoms with Gasteiger partial charge in [0.1, 0.15) is 11.2 Å². The van der Waals surface area contributed by atoms with Crippen LogP contribution in [0, 0.1) is 0 Å². The summed E-state index contributed by atoms with van der Waals surface area (Å²) in [5.41, 5.74) is 8.90. The summed E-state index contributed by atoms with van der Waals surface area (Å²) in [5, 5.41) is 2.41. The van der Waals surface area contributed by atoms with Crippen LogP contribution in [0.5, 0.6) is 0 Å². The molecule has 0 bridgehead atoms. The van der Waals surface area contributed by atoms with Crippen LogP contribution in [0.15, 0.2) is 108 Å². The molecule has 0 amide bonds. The van der Waals surface area contributed by atoms with Gasteiger partial charge in [0.2, 0.25) is 0 Å². The highest BCUT2D eigenvalue weighted by molar-refractivity contribution is 6.06. The minimum absolute atomic E-state index is 0.195. The molecular weight excluding hydrogens is 428 g/mol. The van der Waals surface area contributed by atoms with E-state index in [2.05, 4.69) is 120 Å². The second kappa shape index (κ2) is 7.02. The fraction of sp³-hybridized carbons (Fsp3) is 0.188. The van der Waals surface area contributed by atoms with Crippen LogP contribution in [0.25, 0.3) is 27.6 Å². The number of hydrogen-bond acceptors (Lipinski definition) is 3. The molecule has 4 aliphatic heterocycles. The SMILES string of the molecule is CC1C=CC=C2c3ccccc3[C@H]([C@H]3CN4C=CC=CC4c4c3ccc3c4oc4ccccc43)N21. The van der Waals surface area contributed by atoms with Crippen molar-refractivity contribution in [3.8, 4) is 0 Å². The third-order valence-electron chi connectivity index (χ3n) is 8.36. The summed E-state index contributed by atoms with van der Waals surface area (Å²) in [7, 11) is 0. The average molecular weight is 455 g/mol. The van der Waals surface area contributed by atoms with Gasteiger partial charge < -0.3 is 14.2 Å². The molecule has 0 saturated heterocycles. The molecule has 170 valence electrons. The van der Waals surface area contributed by atoms with Gasteiger partial charge in [0.15, 0.2) is 0 Å². The van der Waals surface area contributed by atoms with E-state index in [1.165, 1.54) is 38.7 Å². The molecule has 4 aromatic rings. The van der Waals surface area contributed by atoms with Crippen LogP contribution in [0.2, 0.25) is 0 Å². The minimum Gasteiger partial charge on any atom is -0.456 e. The predicted octanol–water partition coefficient (Wildman–Crippen LogP) is 7.47. The van der Waals surface area contributed by atoms with Crippen LogP contribution in [0.4, 0.5) is 0 Å². The van der Waals surface area contributed by atoms with E-state index in [4.69, 9.17) is 4.42 Å². The lowest BCUT2D eigenvalue weighted by Gasteiger charge is -2.46. The van der Waals surface area contributed by atoms with Crippen molar-refractivity contribution in [1.82, 2.24) is 9.80 Å². The van der Waals surface area contributed by atoms with Crippen molar-refractivity contribution in [2.75, 3.05) is 6.54 Å². The maximum Gasteiger partial charge on any atom is 0.141 e. The zero-order chi connectivity index (χ0) is 23.1. The van der Waals surface area contributed by atoms with Crippen LogP contribution in [0.1, 0.15) is 47.2 Å². The second-order valence-electron chi connectivity index (χ2n) is 10.1. The van der Waals surface area contributed by atoms with Gasteiger partial charge >= 0.3 is 0 Å². The predicted molar refractivity (Wildman–Crippen MR) is 142 cm³/mol. The zero-order valence-corrected chi connectivity index (χ0v) is 19.6. The number of fused-ring (bicyclic) bond motifs is 10. The fourth-order valence-electron chi connectivity index (χ4n) is 6.90. The highest BCUT2D eigenvalue weighted by Crippen LogP contribution is 2.55. The van der Waals surface area contributed by atoms with Crippen LogP contribution >= 0.6 is 0 Å². The third kappa shape index (κ3) is 2.56. The number of hydrogen-bond donors (Lipinski definition) is 0. The van der Waals surface area contributed by atoms with Crippen molar-refractivity contribution in [1.29, 1.82) is 0 Å². The molecule has 4 aliphatic rings. The van der Waals surface area contributed by atoms with Crippen molar-refractivity contribution >= 4 is 27.6 Å². The largest absolute Gasteiger partial charge is 0.456 e. The Morgan fingerprint density at radius 2 is 1.71 bits per heavy atom. The van der Waals surface area contributed by atoms with E-state index in [1.54, 1.807) is 0 Å². The lowest BCUT2D eigenvalue weighted by molar-refractivity contribution is 0.185. The van der Waals surface area contributed by atoms with Crippen molar-refractivity contribution in [3.05, 3.63) is 126 Å². The number of para-hydroxylation sites is 1. The molecule has 4 atom stereocenters. The highest BCUT2D eigenvalue weighted by Gasteiger charge is 2.45. The van der Waals surface area contributed by atoms with Gasteiger partial charge in [-0.05, 0) is 42.5 Å². The quantitative estimate of drug-likeness (QED) is 0.297. The molecule has 8 rings (SSSR count). The molecule has 3 nitrogen and oxygen atoms in total. The molecule has 0 saturated carbocycles. The van der Waals surface area contributed by atoms with Gasteiger partial charge in [0.05, 0.1) is 12.1 Å². The highest BCUT2D eigenvalue weighted by atomic mass is 16.3. The Morgan fingerprint density at radius 1 is 0.829 bits per heavy atom. The number of furan rings is 1. The summed E-state index contributed by atoms with van der Waals surface area (Å²) >= 11 is 0. The van der Waals surface area contributed by atoms with Crippen molar-refractivity contribution in [2.45, 2.75) is 31.0 Å². The monoisotopic (exact) mass is 454 g/mol. The molecule has 0 N–H and O–H groups in total. The van der Waals surface area contributed by atoms with E-state index < -0.39 is 0 Å². The molecule has 3 aromatic carbocycles. The van der Waals surface area contributed by atoms with E-state index >= 15 is 0 Å². The van der Waals surface area contributed by atoms with Gasteiger partial charge in [0.25, 0.3) is 0 Å². The lowest BCUT2D eigenvalue weighted by Crippen LogP contribution is -2.41. The summed E-state index contributed by atoms with van der Waals surface area (Å²) in [6, 6.07) is 22.9. The summed E-state index contributed by atoms with van der Waals surface area (Å²) in [4.78, 5) is 5.15. The Labute approximate surface area is 204 Å². The van der Waals surface area contributed by atoms with Crippen LogP contribution in [0.3, 0.4) is 0 Å². The lowest BCUT2D eigenvalue weighted by atomic mass is 9.77. The van der Waals surface area contributed by atoms with E-state index in [9.17, 15) is 0 Å². The summed E-state index contributed by atoms with van der Waals surface area (Å²) in [5.74, 6) is 0.316. The molecule has 3 heteroatoms. The van der Waals surface area contributed by atoms with Crippen LogP contribution in [-0.2, 0) is 0 Å². The molecule has 0 radical (unpaired) electrons. The Hall–Kier alpha value is -3.98. The van der Waals surface area contributed by atoms with Crippen molar-refractivity contribution < 1.29 is 4.42 Å². The summed E-state index contributed by atoms with van der Waals surface area (Å²) in [6.07, 6.45) is 15.8. The first-order valence-corrected chi connectivity index (χ1v) is 12.6. The summed E-state index contributed by atoms with van der Waals surface area (Å²) in [6.45, 7) is 3.30. The first-order valence-electron chi connectivity index (χ1n) is 12.6. The zero-order valence-electron chi connectivity index (χ0n) is 19.6. The standard InChI is InChI=1S/C32H26N2O/c1-20-9-8-14-27-21-10-2-3-12-24(21)31(34(20)27)26-19-33-18-7-6-13-28(33)30-23(26)16-17-25-22-11-4-5-15-29(22)35-32(25)30/h2-18,20,26,28,31H,19H2,1H3/t20?,26-,28?,31+/m0/s1. The van der Waals surface area contributed by atoms with Crippen molar-refractivity contribution in [3.63, 3.8) is 0 Å². The van der Waals surface area contributed by atoms with Crippen molar-refractivity contribution in [2.24, 2.45) is 0 Å². The molecule has 2 unspecified atom stereocenters. The number of rotatable bonds is 1. The van der Waals surface area contributed by atoms with E-state index in [-0.39, 0.29) is 12.1 Å². The third-order valence-corrected chi connectivity index (χ3v) is 8.36. The first-order chi connectivity index (χ1) is 17.3. The first kappa shape index (κ1) is 19.3. The van der Waals surface area contributed by atoms with Gasteiger partial charge in [-0.15, -0.1) is 0 Å². The van der Waals surface area contributed by atoms with Gasteiger partial charge in [-0.1, -0.05) is 78.9 Å². The Bertz CT molecular complexity index is 1630. The molecule has 0 aliphatic carbocycles. The second-order valence-corrected chi connectivity index (χ2v) is 10.1. The van der Waals surface area contributed by atoms with Crippen LogP contribution < -0.4 is 0 Å². The van der Waals surface area contributed by atoms with Gasteiger partial charge in [-0.2, -0.15) is 0 Å². The number of nitrogens with zero attached hydrogens (tertiary/aromatic N) is 2. The fourth-order valence-corrected chi connectivity index (χ4v) is 6.90. The Morgan fingerprint density at radius 3 is 2.69 bits per heavy atom. The maximum absolute atomic E-state index is 6.59. The molecule has 1 aromatic heterocycles. The summed E-state index contributed by atoms with van der Waals surface area (Å²) < 4.78 is 6.59. The minimum atomic E-state index is 0.195. The van der Waals surface area contributed by atoms with Gasteiger partial charge in [-0.25, -0.2) is 0 Å². The average Bonchev–Trinajstić information content (AvgIpc) is 3.45. The molecule has 0 spiro atoms. The maximum atomic E-state index is 6.59. The number of allylic oxidation sites excluding steroid dienone is 4. The molecule has 35 heavy (non-hydrogen) atoms.